The van der Waals surface area contributed by atoms with Crippen molar-refractivity contribution < 1.29 is 18.0 Å². The molecule has 2 aromatic carbocycles. The molecule has 0 aliphatic rings. The summed E-state index contributed by atoms with van der Waals surface area (Å²) in [5.74, 6) is -2.85. The Morgan fingerprint density at radius 2 is 1.61 bits per heavy atom. The molecular weight excluding hydrogens is 241 g/mol. The maximum absolute atomic E-state index is 13.7. The average Bonchev–Trinajstić information content (AvgIpc) is 2.37. The zero-order valence-corrected chi connectivity index (χ0v) is 9.51. The number of halogens is 3. The lowest BCUT2D eigenvalue weighted by Gasteiger charge is -2.07. The Bertz CT molecular complexity index is 621. The minimum atomic E-state index is -1.09. The van der Waals surface area contributed by atoms with Crippen LogP contribution in [0.1, 0.15) is 15.9 Å². The number of carbonyl (C=O) groups excluding carboxylic acids is 1. The predicted octanol–water partition coefficient (Wildman–Crippen LogP) is 3.89. The molecule has 0 aliphatic carbocycles. The van der Waals surface area contributed by atoms with Gasteiger partial charge in [0.2, 0.25) is 0 Å². The minimum Gasteiger partial charge on any atom is -0.298 e. The lowest BCUT2D eigenvalue weighted by Crippen LogP contribution is -1.95. The lowest BCUT2D eigenvalue weighted by molar-refractivity contribution is 0.112. The van der Waals surface area contributed by atoms with Gasteiger partial charge in [-0.2, -0.15) is 0 Å². The number of hydrogen-bond donors (Lipinski definition) is 0. The molecule has 0 saturated heterocycles. The third-order valence-corrected chi connectivity index (χ3v) is 2.69. The van der Waals surface area contributed by atoms with Crippen LogP contribution in [-0.4, -0.2) is 6.29 Å². The molecule has 18 heavy (non-hydrogen) atoms. The standard InChI is InChI=1S/C14H9F3O/c1-8-2-4-11(14(17)13(8)16)10-5-3-9(7-18)6-12(10)15/h2-7H,1H3. The molecule has 0 N–H and O–H groups in total. The molecule has 0 amide bonds. The summed E-state index contributed by atoms with van der Waals surface area (Å²) < 4.78 is 40.8. The molecule has 0 spiro atoms. The van der Waals surface area contributed by atoms with Crippen LogP contribution in [0.4, 0.5) is 13.2 Å². The summed E-state index contributed by atoms with van der Waals surface area (Å²) in [6.07, 6.45) is 0.485. The van der Waals surface area contributed by atoms with Gasteiger partial charge in [-0.25, -0.2) is 13.2 Å². The van der Waals surface area contributed by atoms with Gasteiger partial charge in [-0.1, -0.05) is 24.3 Å². The first-order valence-electron chi connectivity index (χ1n) is 5.24. The summed E-state index contributed by atoms with van der Waals surface area (Å²) in [5.41, 5.74) is 0.0652. The van der Waals surface area contributed by atoms with Crippen LogP contribution in [0.5, 0.6) is 0 Å². The minimum absolute atomic E-state index is 0.0722. The number of benzene rings is 2. The molecule has 0 fully saturated rings. The van der Waals surface area contributed by atoms with Gasteiger partial charge in [0.1, 0.15) is 12.1 Å². The van der Waals surface area contributed by atoms with Crippen molar-refractivity contribution in [3.63, 3.8) is 0 Å². The van der Waals surface area contributed by atoms with Gasteiger partial charge in [-0.3, -0.25) is 4.79 Å². The molecule has 2 rings (SSSR count). The number of aldehydes is 1. The highest BCUT2D eigenvalue weighted by Crippen LogP contribution is 2.28. The van der Waals surface area contributed by atoms with Gasteiger partial charge in [0.25, 0.3) is 0 Å². The normalized spacial score (nSPS) is 10.4. The van der Waals surface area contributed by atoms with Gasteiger partial charge in [-0.15, -0.1) is 0 Å². The van der Waals surface area contributed by atoms with E-state index in [0.717, 1.165) is 6.07 Å². The molecule has 2 aromatic rings. The molecule has 0 aromatic heterocycles. The van der Waals surface area contributed by atoms with Crippen LogP contribution in [0.2, 0.25) is 0 Å². The molecule has 0 aliphatic heterocycles. The first-order valence-corrected chi connectivity index (χ1v) is 5.24. The first kappa shape index (κ1) is 12.4. The van der Waals surface area contributed by atoms with Crippen molar-refractivity contribution in [3.05, 3.63) is 58.9 Å². The number of rotatable bonds is 2. The van der Waals surface area contributed by atoms with Crippen molar-refractivity contribution in [2.24, 2.45) is 0 Å². The summed E-state index contributed by atoms with van der Waals surface area (Å²) in [4.78, 5) is 10.5. The van der Waals surface area contributed by atoms with E-state index in [9.17, 15) is 18.0 Å². The van der Waals surface area contributed by atoms with Crippen LogP contribution in [0, 0.1) is 24.4 Å². The molecular formula is C14H9F3O. The quantitative estimate of drug-likeness (QED) is 0.739. The van der Waals surface area contributed by atoms with Crippen molar-refractivity contribution in [2.75, 3.05) is 0 Å². The van der Waals surface area contributed by atoms with Crippen LogP contribution < -0.4 is 0 Å². The second-order valence-electron chi connectivity index (χ2n) is 3.92. The number of aryl methyl sites for hydroxylation is 1. The van der Waals surface area contributed by atoms with E-state index >= 15 is 0 Å². The van der Waals surface area contributed by atoms with Crippen LogP contribution in [0.3, 0.4) is 0 Å². The fourth-order valence-corrected chi connectivity index (χ4v) is 1.68. The van der Waals surface area contributed by atoms with Gasteiger partial charge >= 0.3 is 0 Å². The van der Waals surface area contributed by atoms with Gasteiger partial charge in [0.15, 0.2) is 11.6 Å². The maximum Gasteiger partial charge on any atom is 0.167 e. The highest BCUT2D eigenvalue weighted by atomic mass is 19.2. The van der Waals surface area contributed by atoms with Crippen molar-refractivity contribution in [1.29, 1.82) is 0 Å². The van der Waals surface area contributed by atoms with Gasteiger partial charge in [-0.05, 0) is 18.6 Å². The Morgan fingerprint density at radius 3 is 2.22 bits per heavy atom. The van der Waals surface area contributed by atoms with E-state index in [-0.39, 0.29) is 22.3 Å². The number of hydrogen-bond acceptors (Lipinski definition) is 1. The Morgan fingerprint density at radius 1 is 0.944 bits per heavy atom. The van der Waals surface area contributed by atoms with E-state index in [1.807, 2.05) is 0 Å². The number of carbonyl (C=O) groups is 1. The van der Waals surface area contributed by atoms with Crippen molar-refractivity contribution in [1.82, 2.24) is 0 Å². The molecule has 0 saturated carbocycles. The largest absolute Gasteiger partial charge is 0.298 e. The Labute approximate surface area is 102 Å². The Hall–Kier alpha value is -2.10. The van der Waals surface area contributed by atoms with Crippen molar-refractivity contribution in [2.45, 2.75) is 6.92 Å². The highest BCUT2D eigenvalue weighted by Gasteiger charge is 2.15. The third kappa shape index (κ3) is 2.01. The molecule has 1 nitrogen and oxygen atoms in total. The van der Waals surface area contributed by atoms with E-state index in [2.05, 4.69) is 0 Å². The fraction of sp³-hybridized carbons (Fsp3) is 0.0714. The molecule has 0 radical (unpaired) electrons. The monoisotopic (exact) mass is 250 g/mol. The van der Waals surface area contributed by atoms with Crippen molar-refractivity contribution >= 4 is 6.29 Å². The van der Waals surface area contributed by atoms with E-state index in [4.69, 9.17) is 0 Å². The summed E-state index contributed by atoms with van der Waals surface area (Å²) in [7, 11) is 0. The molecule has 0 heterocycles. The van der Waals surface area contributed by atoms with Gasteiger partial charge in [0.05, 0.1) is 0 Å². The predicted molar refractivity (Wildman–Crippen MR) is 61.9 cm³/mol. The zero-order valence-electron chi connectivity index (χ0n) is 9.51. The smallest absolute Gasteiger partial charge is 0.167 e. The summed E-state index contributed by atoms with van der Waals surface area (Å²) >= 11 is 0. The zero-order chi connectivity index (χ0) is 13.3. The maximum atomic E-state index is 13.7. The lowest BCUT2D eigenvalue weighted by atomic mass is 10.0. The third-order valence-electron chi connectivity index (χ3n) is 2.69. The summed E-state index contributed by atoms with van der Waals surface area (Å²) in [6, 6.07) is 6.28. The van der Waals surface area contributed by atoms with Crippen LogP contribution in [-0.2, 0) is 0 Å². The van der Waals surface area contributed by atoms with E-state index in [1.165, 1.54) is 31.2 Å². The fourth-order valence-electron chi connectivity index (χ4n) is 1.68. The van der Waals surface area contributed by atoms with Crippen molar-refractivity contribution in [3.8, 4) is 11.1 Å². The molecule has 0 unspecified atom stereocenters. The topological polar surface area (TPSA) is 17.1 Å². The Kier molecular flexibility index (Phi) is 3.19. The SMILES string of the molecule is Cc1ccc(-c2ccc(C=O)cc2F)c(F)c1F. The molecule has 0 atom stereocenters. The van der Waals surface area contributed by atoms with E-state index in [1.54, 1.807) is 0 Å². The molecule has 92 valence electrons. The second-order valence-corrected chi connectivity index (χ2v) is 3.92. The molecule has 0 bridgehead atoms. The van der Waals surface area contributed by atoms with Crippen LogP contribution >= 0.6 is 0 Å². The first-order chi connectivity index (χ1) is 8.54. The van der Waals surface area contributed by atoms with Crippen LogP contribution in [0.25, 0.3) is 11.1 Å². The summed E-state index contributed by atoms with van der Waals surface area (Å²) in [5, 5.41) is 0. The van der Waals surface area contributed by atoms with E-state index in [0.29, 0.717) is 6.29 Å². The van der Waals surface area contributed by atoms with E-state index < -0.39 is 17.5 Å². The van der Waals surface area contributed by atoms with Crippen LogP contribution in [0.15, 0.2) is 30.3 Å². The molecule has 4 heteroatoms. The average molecular weight is 250 g/mol. The summed E-state index contributed by atoms with van der Waals surface area (Å²) in [6.45, 7) is 1.42. The highest BCUT2D eigenvalue weighted by molar-refractivity contribution is 5.77. The van der Waals surface area contributed by atoms with Gasteiger partial charge < -0.3 is 0 Å². The van der Waals surface area contributed by atoms with Gasteiger partial charge in [0, 0.05) is 16.7 Å². The second kappa shape index (κ2) is 4.64. The Balaban J connectivity index is 2.62.